The Balaban J connectivity index is 1.60. The van der Waals surface area contributed by atoms with Crippen molar-refractivity contribution in [3.8, 4) is 0 Å². The highest BCUT2D eigenvalue weighted by Gasteiger charge is 2.42. The third-order valence-electron chi connectivity index (χ3n) is 5.03. The summed E-state index contributed by atoms with van der Waals surface area (Å²) in [4.78, 5) is 14.4. The van der Waals surface area contributed by atoms with Gasteiger partial charge in [-0.2, -0.15) is 0 Å². The van der Waals surface area contributed by atoms with Crippen molar-refractivity contribution in [2.75, 3.05) is 0 Å². The van der Waals surface area contributed by atoms with Crippen LogP contribution in [0.1, 0.15) is 54.1 Å². The fourth-order valence-corrected chi connectivity index (χ4v) is 4.83. The smallest absolute Gasteiger partial charge is 0.261 e. The highest BCUT2D eigenvalue weighted by Crippen LogP contribution is 2.49. The van der Waals surface area contributed by atoms with Crippen molar-refractivity contribution in [1.29, 1.82) is 0 Å². The lowest BCUT2D eigenvalue weighted by Gasteiger charge is -2.28. The quantitative estimate of drug-likeness (QED) is 0.889. The second-order valence-corrected chi connectivity index (χ2v) is 7.39. The third kappa shape index (κ3) is 2.58. The molecule has 2 aliphatic rings. The summed E-state index contributed by atoms with van der Waals surface area (Å²) in [5, 5.41) is 3.23. The minimum absolute atomic E-state index is 0.125. The van der Waals surface area contributed by atoms with E-state index in [4.69, 9.17) is 0 Å². The summed E-state index contributed by atoms with van der Waals surface area (Å²) < 4.78 is 0. The molecular formula is C16H23NOS. The van der Waals surface area contributed by atoms with Gasteiger partial charge in [0.25, 0.3) is 5.91 Å². The van der Waals surface area contributed by atoms with Gasteiger partial charge in [0.2, 0.25) is 0 Å². The first-order chi connectivity index (χ1) is 9.17. The Bertz CT molecular complexity index is 467. The van der Waals surface area contributed by atoms with Crippen molar-refractivity contribution in [1.82, 2.24) is 5.32 Å². The summed E-state index contributed by atoms with van der Waals surface area (Å²) in [5.74, 6) is 2.66. The van der Waals surface area contributed by atoms with Crippen molar-refractivity contribution < 1.29 is 4.79 Å². The molecule has 2 bridgehead atoms. The van der Waals surface area contributed by atoms with E-state index in [9.17, 15) is 4.79 Å². The highest BCUT2D eigenvalue weighted by molar-refractivity contribution is 7.14. The lowest BCUT2D eigenvalue weighted by atomic mass is 9.84. The molecule has 4 atom stereocenters. The minimum Gasteiger partial charge on any atom is -0.349 e. The van der Waals surface area contributed by atoms with Crippen LogP contribution in [-0.2, 0) is 6.42 Å². The van der Waals surface area contributed by atoms with Gasteiger partial charge in [-0.3, -0.25) is 4.79 Å². The summed E-state index contributed by atoms with van der Waals surface area (Å²) in [5.41, 5.74) is 0. The number of amides is 1. The fraction of sp³-hybridized carbons (Fsp3) is 0.688. The van der Waals surface area contributed by atoms with Gasteiger partial charge in [0, 0.05) is 10.9 Å². The van der Waals surface area contributed by atoms with Gasteiger partial charge < -0.3 is 5.32 Å². The van der Waals surface area contributed by atoms with E-state index in [0.29, 0.717) is 12.0 Å². The Kier molecular flexibility index (Phi) is 3.66. The maximum Gasteiger partial charge on any atom is 0.261 e. The maximum absolute atomic E-state index is 12.2. The van der Waals surface area contributed by atoms with Gasteiger partial charge in [-0.25, -0.2) is 0 Å². The Morgan fingerprint density at radius 3 is 2.84 bits per heavy atom. The molecule has 1 aromatic rings. The van der Waals surface area contributed by atoms with E-state index in [0.717, 1.165) is 23.1 Å². The van der Waals surface area contributed by atoms with Crippen molar-refractivity contribution in [3.05, 3.63) is 21.9 Å². The van der Waals surface area contributed by atoms with Crippen molar-refractivity contribution >= 4 is 17.2 Å². The monoisotopic (exact) mass is 277 g/mol. The molecule has 0 aliphatic heterocycles. The minimum atomic E-state index is 0.125. The van der Waals surface area contributed by atoms with Crippen LogP contribution >= 0.6 is 11.3 Å². The number of thiophene rings is 1. The second-order valence-electron chi connectivity index (χ2n) is 6.22. The molecule has 1 aromatic heterocycles. The van der Waals surface area contributed by atoms with Crippen LogP contribution in [0.25, 0.3) is 0 Å². The molecule has 3 heteroatoms. The van der Waals surface area contributed by atoms with Gasteiger partial charge >= 0.3 is 0 Å². The Labute approximate surface area is 119 Å². The molecule has 19 heavy (non-hydrogen) atoms. The first-order valence-electron chi connectivity index (χ1n) is 7.57. The molecule has 2 saturated carbocycles. The van der Waals surface area contributed by atoms with Gasteiger partial charge in [0.1, 0.15) is 0 Å². The molecule has 2 nitrogen and oxygen atoms in total. The molecule has 2 fully saturated rings. The van der Waals surface area contributed by atoms with Crippen LogP contribution in [0.15, 0.2) is 12.1 Å². The second kappa shape index (κ2) is 5.28. The van der Waals surface area contributed by atoms with E-state index in [1.165, 1.54) is 30.6 Å². The van der Waals surface area contributed by atoms with Crippen LogP contribution < -0.4 is 5.32 Å². The summed E-state index contributed by atoms with van der Waals surface area (Å²) >= 11 is 1.63. The van der Waals surface area contributed by atoms with E-state index >= 15 is 0 Å². The highest BCUT2D eigenvalue weighted by atomic mass is 32.1. The van der Waals surface area contributed by atoms with E-state index in [1.807, 2.05) is 6.07 Å². The summed E-state index contributed by atoms with van der Waals surface area (Å²) in [6, 6.07) is 4.36. The average Bonchev–Trinajstić information content (AvgIpc) is 3.13. The van der Waals surface area contributed by atoms with Crippen LogP contribution in [-0.4, -0.2) is 11.9 Å². The standard InChI is InChI=1S/C16H23NOS/c1-3-13-6-7-15(19-13)16(18)17-10(2)14-9-11-4-5-12(14)8-11/h6-7,10-12,14H,3-5,8-9H2,1-2H3,(H,17,18)/t10-,11-,12-,14-/m0/s1. The number of hydrogen-bond donors (Lipinski definition) is 1. The number of fused-ring (bicyclic) bond motifs is 2. The van der Waals surface area contributed by atoms with Crippen LogP contribution in [0.2, 0.25) is 0 Å². The first-order valence-corrected chi connectivity index (χ1v) is 8.38. The van der Waals surface area contributed by atoms with Crippen molar-refractivity contribution in [2.45, 2.75) is 52.0 Å². The number of aryl methyl sites for hydroxylation is 1. The van der Waals surface area contributed by atoms with E-state index < -0.39 is 0 Å². The Morgan fingerprint density at radius 2 is 2.26 bits per heavy atom. The normalized spacial score (nSPS) is 30.5. The lowest BCUT2D eigenvalue weighted by Crippen LogP contribution is -2.39. The number of rotatable bonds is 4. The van der Waals surface area contributed by atoms with Gasteiger partial charge in [-0.05, 0) is 62.5 Å². The van der Waals surface area contributed by atoms with Crippen LogP contribution in [0.4, 0.5) is 0 Å². The Hall–Kier alpha value is -0.830. The van der Waals surface area contributed by atoms with Gasteiger partial charge in [0.05, 0.1) is 4.88 Å². The molecule has 1 N–H and O–H groups in total. The molecule has 2 aliphatic carbocycles. The van der Waals surface area contributed by atoms with Crippen LogP contribution in [0, 0.1) is 17.8 Å². The number of carbonyl (C=O) groups is 1. The van der Waals surface area contributed by atoms with E-state index in [2.05, 4.69) is 25.2 Å². The maximum atomic E-state index is 12.2. The summed E-state index contributed by atoms with van der Waals surface area (Å²) in [6.45, 7) is 4.32. The predicted octanol–water partition coefficient (Wildman–Crippen LogP) is 3.87. The zero-order valence-corrected chi connectivity index (χ0v) is 12.6. The predicted molar refractivity (Wildman–Crippen MR) is 79.6 cm³/mol. The van der Waals surface area contributed by atoms with Crippen LogP contribution in [0.5, 0.6) is 0 Å². The number of carbonyl (C=O) groups excluding carboxylic acids is 1. The first kappa shape index (κ1) is 13.2. The zero-order chi connectivity index (χ0) is 13.4. The van der Waals surface area contributed by atoms with Gasteiger partial charge in [0.15, 0.2) is 0 Å². The van der Waals surface area contributed by atoms with E-state index in [1.54, 1.807) is 11.3 Å². The molecule has 1 amide bonds. The molecule has 1 heterocycles. The molecule has 0 radical (unpaired) electrons. The van der Waals surface area contributed by atoms with Gasteiger partial charge in [-0.15, -0.1) is 11.3 Å². The van der Waals surface area contributed by atoms with E-state index in [-0.39, 0.29) is 5.91 Å². The number of nitrogens with one attached hydrogen (secondary N) is 1. The number of hydrogen-bond acceptors (Lipinski definition) is 2. The topological polar surface area (TPSA) is 29.1 Å². The lowest BCUT2D eigenvalue weighted by molar-refractivity contribution is 0.0919. The zero-order valence-electron chi connectivity index (χ0n) is 11.8. The SMILES string of the molecule is CCc1ccc(C(=O)N[C@@H](C)[C@@H]2C[C@H]3CC[C@H]2C3)s1. The largest absolute Gasteiger partial charge is 0.349 e. The average molecular weight is 277 g/mol. The summed E-state index contributed by atoms with van der Waals surface area (Å²) in [6.07, 6.45) is 6.56. The molecule has 0 unspecified atom stereocenters. The molecule has 0 aromatic carbocycles. The van der Waals surface area contributed by atoms with Crippen LogP contribution in [0.3, 0.4) is 0 Å². The van der Waals surface area contributed by atoms with Crippen molar-refractivity contribution in [2.24, 2.45) is 17.8 Å². The molecule has 0 saturated heterocycles. The van der Waals surface area contributed by atoms with Gasteiger partial charge in [-0.1, -0.05) is 13.3 Å². The third-order valence-corrected chi connectivity index (χ3v) is 6.26. The Morgan fingerprint density at radius 1 is 1.42 bits per heavy atom. The summed E-state index contributed by atoms with van der Waals surface area (Å²) in [7, 11) is 0. The molecule has 104 valence electrons. The molecular weight excluding hydrogens is 254 g/mol. The molecule has 0 spiro atoms. The van der Waals surface area contributed by atoms with Crippen molar-refractivity contribution in [3.63, 3.8) is 0 Å². The fourth-order valence-electron chi connectivity index (χ4n) is 3.98. The molecule has 3 rings (SSSR count).